The van der Waals surface area contributed by atoms with Gasteiger partial charge in [0.1, 0.15) is 24.2 Å². The van der Waals surface area contributed by atoms with E-state index < -0.39 is 47.8 Å². The summed E-state index contributed by atoms with van der Waals surface area (Å²) in [7, 11) is 0. The van der Waals surface area contributed by atoms with Gasteiger partial charge in [0.25, 0.3) is 0 Å². The summed E-state index contributed by atoms with van der Waals surface area (Å²) in [5, 5.41) is 11.8. The Hall–Kier alpha value is -3.32. The Morgan fingerprint density at radius 3 is 2.15 bits per heavy atom. The van der Waals surface area contributed by atoms with Crippen molar-refractivity contribution >= 4 is 46.9 Å². The highest BCUT2D eigenvalue weighted by atomic mass is 32.1. The van der Waals surface area contributed by atoms with Crippen molar-refractivity contribution in [2.45, 2.75) is 118 Å². The first-order chi connectivity index (χ1) is 21.7. The third-order valence-corrected chi connectivity index (χ3v) is 9.48. The van der Waals surface area contributed by atoms with Crippen molar-refractivity contribution in [3.05, 3.63) is 21.7 Å². The van der Waals surface area contributed by atoms with Crippen LogP contribution >= 0.6 is 11.3 Å². The molecule has 0 aliphatic heterocycles. The van der Waals surface area contributed by atoms with E-state index in [0.717, 1.165) is 22.0 Å². The number of thiazole rings is 1. The number of allylic oxidation sites excluding steroid dienone is 1. The van der Waals surface area contributed by atoms with Crippen molar-refractivity contribution in [3.8, 4) is 0 Å². The number of carbonyl (C=O) groups excluding carboxylic acids is 5. The molecule has 8 N–H and O–H groups in total. The number of primary amides is 1. The highest BCUT2D eigenvalue weighted by molar-refractivity contribution is 7.11. The van der Waals surface area contributed by atoms with Crippen molar-refractivity contribution in [2.75, 3.05) is 6.54 Å². The van der Waals surface area contributed by atoms with Gasteiger partial charge in [0, 0.05) is 18.2 Å². The number of carbonyl (C=O) groups is 5. The lowest BCUT2D eigenvalue weighted by Gasteiger charge is -2.29. The predicted octanol–water partition coefficient (Wildman–Crippen LogP) is 2.19. The Bertz CT molecular complexity index is 1230. The fourth-order valence-electron chi connectivity index (χ4n) is 5.33. The summed E-state index contributed by atoms with van der Waals surface area (Å²) in [5.41, 5.74) is 12.1. The van der Waals surface area contributed by atoms with Gasteiger partial charge in [0.2, 0.25) is 29.5 Å². The zero-order chi connectivity index (χ0) is 34.6. The van der Waals surface area contributed by atoms with Crippen molar-refractivity contribution in [1.29, 1.82) is 0 Å². The molecule has 0 bridgehead atoms. The lowest BCUT2D eigenvalue weighted by atomic mass is 9.88. The van der Waals surface area contributed by atoms with Crippen LogP contribution in [-0.4, -0.2) is 65.2 Å². The second kappa shape index (κ2) is 18.7. The Morgan fingerprint density at radius 2 is 1.59 bits per heavy atom. The largest absolute Gasteiger partial charge is 0.368 e. The van der Waals surface area contributed by atoms with Gasteiger partial charge in [-0.3, -0.25) is 24.0 Å². The highest BCUT2D eigenvalue weighted by Gasteiger charge is 2.33. The molecular weight excluding hydrogens is 606 g/mol. The molecule has 1 heterocycles. The van der Waals surface area contributed by atoms with Crippen LogP contribution in [0.3, 0.4) is 0 Å². The number of aromatic nitrogens is 1. The molecule has 0 aromatic carbocycles. The number of nitrogens with one attached hydrogen (secondary N) is 4. The molecule has 12 nitrogen and oxygen atoms in total. The molecule has 0 spiro atoms. The van der Waals surface area contributed by atoms with Crippen LogP contribution in [0, 0.1) is 23.7 Å². The molecule has 46 heavy (non-hydrogen) atoms. The summed E-state index contributed by atoms with van der Waals surface area (Å²) < 4.78 is 0. The number of fused-ring (bicyclic) bond motifs is 1. The summed E-state index contributed by atoms with van der Waals surface area (Å²) >= 11 is 1.54. The van der Waals surface area contributed by atoms with Crippen molar-refractivity contribution < 1.29 is 24.0 Å². The maximum atomic E-state index is 13.7. The van der Waals surface area contributed by atoms with Gasteiger partial charge >= 0.3 is 0 Å². The Labute approximate surface area is 277 Å². The molecule has 1 aliphatic rings. The van der Waals surface area contributed by atoms with Crippen LogP contribution in [0.1, 0.15) is 96.1 Å². The molecule has 1 aliphatic carbocycles. The SMILES string of the molecule is CC[C@H](C)[C@H](NC(=O)[C@H](Cc1nc2c(s1)CC(C(C)C)C=C2)NC(C)=O)C(=O)N[C@@H](CCCCN)C(=O)N[C@@H](CC(C)C)C(N)=O. The van der Waals surface area contributed by atoms with Crippen molar-refractivity contribution in [1.82, 2.24) is 26.3 Å². The van der Waals surface area contributed by atoms with Crippen molar-refractivity contribution in [2.24, 2.45) is 35.1 Å². The third-order valence-electron chi connectivity index (χ3n) is 8.36. The molecule has 6 atom stereocenters. The van der Waals surface area contributed by atoms with E-state index in [-0.39, 0.29) is 24.2 Å². The zero-order valence-electron chi connectivity index (χ0n) is 28.5. The molecule has 2 rings (SSSR count). The van der Waals surface area contributed by atoms with Crippen LogP contribution in [0.5, 0.6) is 0 Å². The smallest absolute Gasteiger partial charge is 0.243 e. The monoisotopic (exact) mass is 661 g/mol. The Balaban J connectivity index is 2.24. The number of nitrogens with zero attached hydrogens (tertiary/aromatic N) is 1. The molecule has 0 saturated heterocycles. The Kier molecular flexibility index (Phi) is 15.8. The molecule has 0 fully saturated rings. The van der Waals surface area contributed by atoms with Gasteiger partial charge < -0.3 is 32.7 Å². The fraction of sp³-hybridized carbons (Fsp3) is 0.697. The summed E-state index contributed by atoms with van der Waals surface area (Å²) in [6.45, 7) is 13.7. The maximum Gasteiger partial charge on any atom is 0.243 e. The second-order valence-corrected chi connectivity index (χ2v) is 14.3. The number of amides is 5. The average molecular weight is 662 g/mol. The first kappa shape index (κ1) is 38.9. The van der Waals surface area contributed by atoms with Gasteiger partial charge in [0.15, 0.2) is 0 Å². The number of unbranched alkanes of at least 4 members (excludes halogenated alkanes) is 1. The van der Waals surface area contributed by atoms with Crippen LogP contribution in [-0.2, 0) is 36.8 Å². The third kappa shape index (κ3) is 12.1. The first-order valence-electron chi connectivity index (χ1n) is 16.5. The van der Waals surface area contributed by atoms with Crippen molar-refractivity contribution in [3.63, 3.8) is 0 Å². The van der Waals surface area contributed by atoms with Crippen LogP contribution < -0.4 is 32.7 Å². The highest BCUT2D eigenvalue weighted by Crippen LogP contribution is 2.31. The van der Waals surface area contributed by atoms with E-state index in [9.17, 15) is 24.0 Å². The number of hydrogen-bond donors (Lipinski definition) is 6. The minimum atomic E-state index is -0.986. The minimum absolute atomic E-state index is 0.105. The van der Waals surface area contributed by atoms with E-state index in [4.69, 9.17) is 16.5 Å². The van der Waals surface area contributed by atoms with E-state index in [1.54, 1.807) is 0 Å². The zero-order valence-corrected chi connectivity index (χ0v) is 29.3. The van der Waals surface area contributed by atoms with E-state index in [1.165, 1.54) is 18.3 Å². The lowest BCUT2D eigenvalue weighted by Crippen LogP contribution is -2.59. The van der Waals surface area contributed by atoms with Crippen LogP contribution in [0.25, 0.3) is 6.08 Å². The van der Waals surface area contributed by atoms with Gasteiger partial charge in [-0.2, -0.15) is 0 Å². The molecule has 1 aromatic rings. The summed E-state index contributed by atoms with van der Waals surface area (Å²) in [5.74, 6) is -1.89. The summed E-state index contributed by atoms with van der Waals surface area (Å²) in [4.78, 5) is 70.7. The maximum absolute atomic E-state index is 13.7. The fourth-order valence-corrected chi connectivity index (χ4v) is 6.50. The number of rotatable bonds is 19. The van der Waals surface area contributed by atoms with Gasteiger partial charge in [-0.1, -0.05) is 54.0 Å². The molecule has 1 aromatic heterocycles. The predicted molar refractivity (Wildman–Crippen MR) is 181 cm³/mol. The Morgan fingerprint density at radius 1 is 0.935 bits per heavy atom. The standard InChI is InChI=1S/C33H55N7O5S/c1-8-20(6)29(33(45)38-24(11-9-10-14-34)31(43)39-25(30(35)42)15-18(2)3)40-32(44)26(36-21(7)41)17-28-37-23-13-12-22(19(4)5)16-27(23)46-28/h12-13,18-20,22,24-26,29H,8-11,14-17,34H2,1-7H3,(H2,35,42)(H,36,41)(H,38,45)(H,39,43)(H,40,44)/t20-,22?,24-,25-,26-,29-/m0/s1. The van der Waals surface area contributed by atoms with Crippen LogP contribution in [0.2, 0.25) is 0 Å². The normalized spacial score (nSPS) is 17.4. The number of hydrogen-bond acceptors (Lipinski definition) is 8. The first-order valence-corrected chi connectivity index (χ1v) is 17.3. The average Bonchev–Trinajstić information content (AvgIpc) is 3.39. The topological polar surface area (TPSA) is 198 Å². The molecule has 0 saturated carbocycles. The van der Waals surface area contributed by atoms with Gasteiger partial charge in [-0.05, 0) is 68.4 Å². The van der Waals surface area contributed by atoms with E-state index in [1.807, 2.05) is 33.8 Å². The quantitative estimate of drug-likeness (QED) is 0.122. The molecule has 258 valence electrons. The molecule has 5 amide bonds. The van der Waals surface area contributed by atoms with Gasteiger partial charge in [0.05, 0.1) is 10.7 Å². The lowest BCUT2D eigenvalue weighted by molar-refractivity contribution is -0.135. The van der Waals surface area contributed by atoms with Crippen LogP contribution in [0.15, 0.2) is 6.08 Å². The summed E-state index contributed by atoms with van der Waals surface area (Å²) in [6, 6.07) is -3.79. The van der Waals surface area contributed by atoms with E-state index in [2.05, 4.69) is 41.2 Å². The second-order valence-electron chi connectivity index (χ2n) is 13.2. The van der Waals surface area contributed by atoms with E-state index >= 15 is 0 Å². The van der Waals surface area contributed by atoms with E-state index in [0.29, 0.717) is 50.5 Å². The molecular formula is C33H55N7O5S. The van der Waals surface area contributed by atoms with Gasteiger partial charge in [-0.15, -0.1) is 11.3 Å². The molecule has 13 heteroatoms. The number of nitrogens with two attached hydrogens (primary N) is 2. The molecule has 0 radical (unpaired) electrons. The minimum Gasteiger partial charge on any atom is -0.368 e. The summed E-state index contributed by atoms with van der Waals surface area (Å²) in [6.07, 6.45) is 7.67. The molecule has 1 unspecified atom stereocenters. The van der Waals surface area contributed by atoms with Gasteiger partial charge in [-0.25, -0.2) is 4.98 Å². The van der Waals surface area contributed by atoms with Crippen LogP contribution in [0.4, 0.5) is 0 Å².